The number of nitrogens with zero attached hydrogens (tertiary/aromatic N) is 4. The van der Waals surface area contributed by atoms with Crippen LogP contribution in [0.5, 0.6) is 0 Å². The largest absolute Gasteiger partial charge is 0.337 e. The van der Waals surface area contributed by atoms with Crippen LogP contribution in [0.15, 0.2) is 54.6 Å². The summed E-state index contributed by atoms with van der Waals surface area (Å²) in [5.41, 5.74) is 10.4. The third kappa shape index (κ3) is 3.68. The molecule has 6 nitrogen and oxygen atoms in total. The molecule has 1 atom stereocenters. The van der Waals surface area contributed by atoms with Crippen LogP contribution in [0.25, 0.3) is 16.8 Å². The molecule has 1 amide bonds. The average Bonchev–Trinajstić information content (AvgIpc) is 3.11. The predicted octanol–water partition coefficient (Wildman–Crippen LogP) is 3.44. The van der Waals surface area contributed by atoms with E-state index in [-0.39, 0.29) is 17.4 Å². The molecule has 2 aromatic carbocycles. The molecule has 4 rings (SSSR count). The lowest BCUT2D eigenvalue weighted by molar-refractivity contribution is 0.0526. The molecule has 0 radical (unpaired) electrons. The minimum absolute atomic E-state index is 0.0744. The number of rotatable bonds is 3. The van der Waals surface area contributed by atoms with Crippen LogP contribution >= 0.6 is 0 Å². The molecule has 150 valence electrons. The van der Waals surface area contributed by atoms with Crippen molar-refractivity contribution in [2.45, 2.75) is 33.2 Å². The minimum Gasteiger partial charge on any atom is -0.337 e. The first-order chi connectivity index (χ1) is 13.9. The van der Waals surface area contributed by atoms with Crippen molar-refractivity contribution in [1.82, 2.24) is 19.9 Å². The van der Waals surface area contributed by atoms with Crippen molar-refractivity contribution < 1.29 is 4.79 Å². The molecule has 1 saturated heterocycles. The summed E-state index contributed by atoms with van der Waals surface area (Å²) < 4.78 is 1.73. The molecule has 1 aliphatic rings. The maximum atomic E-state index is 13.1. The Morgan fingerprint density at radius 1 is 1.07 bits per heavy atom. The van der Waals surface area contributed by atoms with Crippen molar-refractivity contribution in [2.24, 2.45) is 11.1 Å². The van der Waals surface area contributed by atoms with Crippen LogP contribution in [0.4, 0.5) is 0 Å². The van der Waals surface area contributed by atoms with Gasteiger partial charge < -0.3 is 10.6 Å². The smallest absolute Gasteiger partial charge is 0.276 e. The molecule has 1 aliphatic heterocycles. The predicted molar refractivity (Wildman–Crippen MR) is 114 cm³/mol. The number of amides is 1. The molecule has 1 fully saturated rings. The number of benzene rings is 2. The van der Waals surface area contributed by atoms with Gasteiger partial charge in [-0.1, -0.05) is 61.5 Å². The SMILES string of the molecule is Cc1c(C(=O)N2CCC(N)C(C)(C)C2)nnn1-c1ccc(-c2ccccc2)cc1. The Morgan fingerprint density at radius 3 is 2.38 bits per heavy atom. The van der Waals surface area contributed by atoms with Crippen LogP contribution in [0.2, 0.25) is 0 Å². The number of piperidine rings is 1. The van der Waals surface area contributed by atoms with Crippen LogP contribution in [0.3, 0.4) is 0 Å². The molecular weight excluding hydrogens is 362 g/mol. The number of carbonyl (C=O) groups excluding carboxylic acids is 1. The molecule has 6 heteroatoms. The lowest BCUT2D eigenvalue weighted by Crippen LogP contribution is -2.54. The lowest BCUT2D eigenvalue weighted by Gasteiger charge is -2.42. The number of aromatic nitrogens is 3. The third-order valence-corrected chi connectivity index (χ3v) is 5.92. The van der Waals surface area contributed by atoms with Gasteiger partial charge in [0.25, 0.3) is 5.91 Å². The van der Waals surface area contributed by atoms with Crippen molar-refractivity contribution in [3.8, 4) is 16.8 Å². The lowest BCUT2D eigenvalue weighted by atomic mass is 9.79. The Morgan fingerprint density at radius 2 is 1.72 bits per heavy atom. The summed E-state index contributed by atoms with van der Waals surface area (Å²) in [6, 6.07) is 18.4. The summed E-state index contributed by atoms with van der Waals surface area (Å²) in [6.45, 7) is 7.38. The number of carbonyl (C=O) groups is 1. The van der Waals surface area contributed by atoms with E-state index in [0.717, 1.165) is 28.9 Å². The highest BCUT2D eigenvalue weighted by Gasteiger charge is 2.36. The molecular formula is C23H27N5O. The summed E-state index contributed by atoms with van der Waals surface area (Å²) in [6.07, 6.45) is 0.798. The topological polar surface area (TPSA) is 77.0 Å². The van der Waals surface area contributed by atoms with Crippen LogP contribution < -0.4 is 5.73 Å². The summed E-state index contributed by atoms with van der Waals surface area (Å²) in [4.78, 5) is 14.9. The van der Waals surface area contributed by atoms with Crippen molar-refractivity contribution >= 4 is 5.91 Å². The Hall–Kier alpha value is -2.99. The minimum atomic E-state index is -0.106. The quantitative estimate of drug-likeness (QED) is 0.744. The molecule has 3 aromatic rings. The van der Waals surface area contributed by atoms with Gasteiger partial charge in [0.2, 0.25) is 0 Å². The van der Waals surface area contributed by atoms with E-state index in [9.17, 15) is 4.79 Å². The molecule has 2 N–H and O–H groups in total. The molecule has 0 bridgehead atoms. The van der Waals surface area contributed by atoms with Gasteiger partial charge >= 0.3 is 0 Å². The first-order valence-electron chi connectivity index (χ1n) is 10.00. The van der Waals surface area contributed by atoms with Crippen LogP contribution in [0, 0.1) is 12.3 Å². The number of likely N-dealkylation sites (tertiary alicyclic amines) is 1. The average molecular weight is 390 g/mol. The van der Waals surface area contributed by atoms with Gasteiger partial charge in [-0.05, 0) is 42.0 Å². The van der Waals surface area contributed by atoms with Gasteiger partial charge in [0, 0.05) is 19.1 Å². The molecule has 29 heavy (non-hydrogen) atoms. The van der Waals surface area contributed by atoms with Crippen molar-refractivity contribution in [3.63, 3.8) is 0 Å². The molecule has 1 aromatic heterocycles. The maximum absolute atomic E-state index is 13.1. The fraction of sp³-hybridized carbons (Fsp3) is 0.348. The number of hydrogen-bond donors (Lipinski definition) is 1. The Bertz CT molecular complexity index is 1010. The van der Waals surface area contributed by atoms with E-state index in [4.69, 9.17) is 5.73 Å². The molecule has 1 unspecified atom stereocenters. The standard InChI is InChI=1S/C23H27N5O/c1-16-21(22(29)27-14-13-20(24)23(2,3)15-27)25-26-28(16)19-11-9-18(10-12-19)17-7-5-4-6-8-17/h4-12,20H,13-15,24H2,1-3H3. The van der Waals surface area contributed by atoms with E-state index in [0.29, 0.717) is 18.8 Å². The summed E-state index contributed by atoms with van der Waals surface area (Å²) in [7, 11) is 0. The van der Waals surface area contributed by atoms with E-state index in [1.807, 2.05) is 42.2 Å². The fourth-order valence-electron chi connectivity index (χ4n) is 3.89. The fourth-order valence-corrected chi connectivity index (χ4v) is 3.89. The third-order valence-electron chi connectivity index (χ3n) is 5.92. The monoisotopic (exact) mass is 389 g/mol. The van der Waals surface area contributed by atoms with Crippen LogP contribution in [-0.4, -0.2) is 44.9 Å². The van der Waals surface area contributed by atoms with E-state index in [1.165, 1.54) is 0 Å². The van der Waals surface area contributed by atoms with Gasteiger partial charge in [-0.25, -0.2) is 4.68 Å². The number of nitrogens with two attached hydrogens (primary N) is 1. The van der Waals surface area contributed by atoms with Crippen LogP contribution in [0.1, 0.15) is 36.5 Å². The van der Waals surface area contributed by atoms with Gasteiger partial charge in [0.15, 0.2) is 5.69 Å². The summed E-state index contributed by atoms with van der Waals surface area (Å²) in [5, 5.41) is 8.46. The highest BCUT2D eigenvalue weighted by molar-refractivity contribution is 5.93. The zero-order valence-corrected chi connectivity index (χ0v) is 17.2. The first-order valence-corrected chi connectivity index (χ1v) is 10.00. The highest BCUT2D eigenvalue weighted by Crippen LogP contribution is 2.29. The van der Waals surface area contributed by atoms with E-state index in [1.54, 1.807) is 4.68 Å². The van der Waals surface area contributed by atoms with E-state index >= 15 is 0 Å². The Kier molecular flexibility index (Phi) is 4.96. The molecule has 0 spiro atoms. The Balaban J connectivity index is 1.56. The second-order valence-electron chi connectivity index (χ2n) is 8.46. The second kappa shape index (κ2) is 7.44. The maximum Gasteiger partial charge on any atom is 0.276 e. The Labute approximate surface area is 171 Å². The zero-order valence-electron chi connectivity index (χ0n) is 17.2. The molecule has 2 heterocycles. The second-order valence-corrected chi connectivity index (χ2v) is 8.46. The van der Waals surface area contributed by atoms with Crippen molar-refractivity contribution in [2.75, 3.05) is 13.1 Å². The summed E-state index contributed by atoms with van der Waals surface area (Å²) in [5.74, 6) is -0.0744. The van der Waals surface area contributed by atoms with Crippen molar-refractivity contribution in [1.29, 1.82) is 0 Å². The summed E-state index contributed by atoms with van der Waals surface area (Å²) >= 11 is 0. The zero-order chi connectivity index (χ0) is 20.6. The van der Waals surface area contributed by atoms with E-state index < -0.39 is 0 Å². The number of hydrogen-bond acceptors (Lipinski definition) is 4. The first kappa shape index (κ1) is 19.3. The van der Waals surface area contributed by atoms with Crippen molar-refractivity contribution in [3.05, 3.63) is 66.0 Å². The van der Waals surface area contributed by atoms with Crippen LogP contribution in [-0.2, 0) is 0 Å². The molecule has 0 saturated carbocycles. The van der Waals surface area contributed by atoms with Gasteiger partial charge in [0.05, 0.1) is 11.4 Å². The normalized spacial score (nSPS) is 18.6. The van der Waals surface area contributed by atoms with Gasteiger partial charge in [-0.3, -0.25) is 4.79 Å². The van der Waals surface area contributed by atoms with Gasteiger partial charge in [-0.15, -0.1) is 5.10 Å². The van der Waals surface area contributed by atoms with Gasteiger partial charge in [-0.2, -0.15) is 0 Å². The van der Waals surface area contributed by atoms with Gasteiger partial charge in [0.1, 0.15) is 0 Å². The highest BCUT2D eigenvalue weighted by atomic mass is 16.2. The van der Waals surface area contributed by atoms with E-state index in [2.05, 4.69) is 48.4 Å². The molecule has 0 aliphatic carbocycles.